The fourth-order valence-electron chi connectivity index (χ4n) is 3.61. The molecule has 0 aliphatic carbocycles. The molecule has 0 saturated carbocycles. The van der Waals surface area contributed by atoms with Gasteiger partial charge in [-0.25, -0.2) is 0 Å². The van der Waals surface area contributed by atoms with E-state index in [0.717, 1.165) is 0 Å². The lowest BCUT2D eigenvalue weighted by atomic mass is 10.3. The van der Waals surface area contributed by atoms with Crippen molar-refractivity contribution in [3.63, 3.8) is 0 Å². The summed E-state index contributed by atoms with van der Waals surface area (Å²) in [5.41, 5.74) is -1.35. The molecule has 0 unspecified atom stereocenters. The zero-order chi connectivity index (χ0) is 23.8. The van der Waals surface area contributed by atoms with Crippen LogP contribution in [0.2, 0.25) is 0 Å². The third-order valence-corrected chi connectivity index (χ3v) is 5.40. The lowest BCUT2D eigenvalue weighted by Gasteiger charge is -2.23. The zero-order valence-electron chi connectivity index (χ0n) is 18.2. The van der Waals surface area contributed by atoms with E-state index in [1.807, 2.05) is 0 Å². The number of aromatic nitrogens is 3. The molecule has 0 spiro atoms. The van der Waals surface area contributed by atoms with Gasteiger partial charge >= 0.3 is 0 Å². The first kappa shape index (κ1) is 23.9. The molecular weight excluding hydrogens is 428 g/mol. The predicted molar refractivity (Wildman–Crippen MR) is 123 cm³/mol. The summed E-state index contributed by atoms with van der Waals surface area (Å²) in [6.07, 6.45) is 6.10. The summed E-state index contributed by atoms with van der Waals surface area (Å²) in [5.74, 6) is -0.904. The molecule has 0 atom stereocenters. The van der Waals surface area contributed by atoms with Gasteiger partial charge in [0, 0.05) is 44.8 Å². The molecule has 3 rings (SSSR count). The van der Waals surface area contributed by atoms with Crippen LogP contribution in [0.1, 0.15) is 12.8 Å². The van der Waals surface area contributed by atoms with Crippen LogP contribution in [-0.2, 0) is 19.6 Å². The van der Waals surface area contributed by atoms with Crippen LogP contribution in [-0.4, -0.2) is 53.6 Å². The highest BCUT2D eigenvalue weighted by atomic mass is 16.3. The summed E-state index contributed by atoms with van der Waals surface area (Å²) in [6, 6.07) is 8.86. The zero-order valence-corrected chi connectivity index (χ0v) is 18.2. The Morgan fingerprint density at radius 3 is 1.33 bits per heavy atom. The normalized spacial score (nSPS) is 11.2. The molecule has 0 fully saturated rings. The molecule has 0 saturated heterocycles. The quantitative estimate of drug-likeness (QED) is 0.389. The van der Waals surface area contributed by atoms with E-state index in [1.54, 1.807) is 36.8 Å². The van der Waals surface area contributed by atoms with Crippen molar-refractivity contribution in [3.05, 3.63) is 86.1 Å². The Morgan fingerprint density at radius 1 is 0.576 bits per heavy atom. The molecule has 3 N–H and O–H groups in total. The third-order valence-electron chi connectivity index (χ3n) is 5.40. The van der Waals surface area contributed by atoms with Crippen LogP contribution in [0, 0.1) is 0 Å². The van der Waals surface area contributed by atoms with Crippen molar-refractivity contribution in [2.45, 2.75) is 32.5 Å². The Morgan fingerprint density at radius 2 is 0.939 bits per heavy atom. The van der Waals surface area contributed by atoms with Crippen LogP contribution in [0.25, 0.3) is 0 Å². The fourth-order valence-corrected chi connectivity index (χ4v) is 3.61. The molecule has 176 valence electrons. The molecule has 0 aliphatic heterocycles. The van der Waals surface area contributed by atoms with Gasteiger partial charge in [-0.15, -0.1) is 0 Å². The average Bonchev–Trinajstić information content (AvgIpc) is 2.80. The van der Waals surface area contributed by atoms with Crippen LogP contribution in [0.5, 0.6) is 17.2 Å². The summed E-state index contributed by atoms with van der Waals surface area (Å²) in [4.78, 5) is 38.2. The van der Waals surface area contributed by atoms with E-state index in [-0.39, 0.29) is 17.2 Å². The maximum atomic E-state index is 12.1. The first-order valence-electron chi connectivity index (χ1n) is 10.7. The van der Waals surface area contributed by atoms with Gasteiger partial charge in [0.25, 0.3) is 16.7 Å². The van der Waals surface area contributed by atoms with Crippen molar-refractivity contribution in [1.82, 2.24) is 18.6 Å². The summed E-state index contributed by atoms with van der Waals surface area (Å²) in [6.45, 7) is 2.96. The highest BCUT2D eigenvalue weighted by Crippen LogP contribution is 2.04. The van der Waals surface area contributed by atoms with Gasteiger partial charge in [0.05, 0.1) is 0 Å². The van der Waals surface area contributed by atoms with Crippen LogP contribution < -0.4 is 16.7 Å². The second-order valence-corrected chi connectivity index (χ2v) is 7.72. The maximum Gasteiger partial charge on any atom is 0.292 e. The van der Waals surface area contributed by atoms with Gasteiger partial charge in [-0.3, -0.25) is 14.4 Å². The second-order valence-electron chi connectivity index (χ2n) is 7.72. The standard InChI is InChI=1S/C23H28N4O6/c28-18-6-1-11-25(21(18)31)14-4-9-24(16-17-27-13-3-8-20(30)23(27)33)10-5-15-26-12-2-7-19(29)22(26)32/h1-3,6-8,11-13,28-30H,4-5,9-10,14-17H2. The van der Waals surface area contributed by atoms with Gasteiger partial charge in [0.2, 0.25) is 0 Å². The topological polar surface area (TPSA) is 130 Å². The molecule has 0 bridgehead atoms. The number of rotatable bonds is 11. The van der Waals surface area contributed by atoms with Crippen molar-refractivity contribution in [3.8, 4) is 17.2 Å². The molecule has 0 aromatic carbocycles. The molecule has 0 amide bonds. The molecular formula is C23H28N4O6. The van der Waals surface area contributed by atoms with Gasteiger partial charge in [-0.05, 0) is 62.3 Å². The molecule has 10 nitrogen and oxygen atoms in total. The number of aromatic hydroxyl groups is 3. The number of pyridine rings is 3. The lowest BCUT2D eigenvalue weighted by Crippen LogP contribution is -2.34. The molecule has 0 radical (unpaired) electrons. The Labute approximate surface area is 189 Å². The van der Waals surface area contributed by atoms with E-state index in [0.29, 0.717) is 52.1 Å². The molecule has 3 heterocycles. The third kappa shape index (κ3) is 6.36. The van der Waals surface area contributed by atoms with Crippen molar-refractivity contribution < 1.29 is 15.3 Å². The minimum absolute atomic E-state index is 0.297. The molecule has 10 heteroatoms. The summed E-state index contributed by atoms with van der Waals surface area (Å²) >= 11 is 0. The molecule has 0 aliphatic rings. The van der Waals surface area contributed by atoms with Crippen LogP contribution in [0.4, 0.5) is 0 Å². The van der Waals surface area contributed by atoms with Crippen molar-refractivity contribution in [2.75, 3.05) is 19.6 Å². The van der Waals surface area contributed by atoms with Gasteiger partial charge in [-0.1, -0.05) is 0 Å². The largest absolute Gasteiger partial charge is 0.503 e. The summed E-state index contributed by atoms with van der Waals surface area (Å²) in [7, 11) is 0. The predicted octanol–water partition coefficient (Wildman–Crippen LogP) is 0.771. The number of hydrogen-bond donors (Lipinski definition) is 3. The van der Waals surface area contributed by atoms with Crippen LogP contribution in [0.3, 0.4) is 0 Å². The van der Waals surface area contributed by atoms with E-state index in [9.17, 15) is 29.7 Å². The molecule has 3 aromatic heterocycles. The molecule has 33 heavy (non-hydrogen) atoms. The van der Waals surface area contributed by atoms with E-state index >= 15 is 0 Å². The Balaban J connectivity index is 1.62. The van der Waals surface area contributed by atoms with Crippen molar-refractivity contribution in [2.24, 2.45) is 0 Å². The summed E-state index contributed by atoms with van der Waals surface area (Å²) < 4.78 is 4.32. The van der Waals surface area contributed by atoms with Gasteiger partial charge in [0.1, 0.15) is 0 Å². The Bertz CT molecular complexity index is 1180. The minimum atomic E-state index is -0.463. The highest BCUT2D eigenvalue weighted by Gasteiger charge is 2.09. The maximum absolute atomic E-state index is 12.1. The van der Waals surface area contributed by atoms with Crippen molar-refractivity contribution >= 4 is 0 Å². The second kappa shape index (κ2) is 11.2. The summed E-state index contributed by atoms with van der Waals surface area (Å²) in [5, 5.41) is 28.8. The first-order chi connectivity index (χ1) is 15.9. The van der Waals surface area contributed by atoms with Gasteiger partial charge < -0.3 is 33.9 Å². The Kier molecular flexibility index (Phi) is 8.09. The lowest BCUT2D eigenvalue weighted by molar-refractivity contribution is 0.245. The molecule has 3 aromatic rings. The number of hydrogen-bond acceptors (Lipinski definition) is 7. The Hall–Kier alpha value is -3.79. The van der Waals surface area contributed by atoms with E-state index in [1.165, 1.54) is 31.9 Å². The minimum Gasteiger partial charge on any atom is -0.503 e. The van der Waals surface area contributed by atoms with Crippen molar-refractivity contribution in [1.29, 1.82) is 0 Å². The van der Waals surface area contributed by atoms with E-state index < -0.39 is 16.7 Å². The number of nitrogens with zero attached hydrogens (tertiary/aromatic N) is 4. The number of aryl methyl sites for hydroxylation is 2. The van der Waals surface area contributed by atoms with Gasteiger partial charge in [-0.2, -0.15) is 0 Å². The highest BCUT2D eigenvalue weighted by molar-refractivity contribution is 5.16. The SMILES string of the molecule is O=c1c(O)cccn1CCCN(CCCn1cccc(O)c1=O)CCn1cccc(O)c1=O. The van der Waals surface area contributed by atoms with E-state index in [2.05, 4.69) is 4.90 Å². The first-order valence-corrected chi connectivity index (χ1v) is 10.7. The van der Waals surface area contributed by atoms with Crippen LogP contribution in [0.15, 0.2) is 69.4 Å². The van der Waals surface area contributed by atoms with E-state index in [4.69, 9.17) is 0 Å². The fraction of sp³-hybridized carbons (Fsp3) is 0.348. The smallest absolute Gasteiger partial charge is 0.292 e. The monoisotopic (exact) mass is 456 g/mol. The average molecular weight is 456 g/mol. The van der Waals surface area contributed by atoms with Crippen LogP contribution >= 0.6 is 0 Å². The van der Waals surface area contributed by atoms with Gasteiger partial charge in [0.15, 0.2) is 17.2 Å².